The first-order valence-corrected chi connectivity index (χ1v) is 20.8. The van der Waals surface area contributed by atoms with Gasteiger partial charge in [0, 0.05) is 10.8 Å². The molecule has 0 unspecified atom stereocenters. The topological polar surface area (TPSA) is 0 Å². The van der Waals surface area contributed by atoms with E-state index in [1.54, 1.807) is 0 Å². The van der Waals surface area contributed by atoms with Crippen LogP contribution in [0.2, 0.25) is 0 Å². The molecular weight excluding hydrogens is 673 g/mol. The van der Waals surface area contributed by atoms with Crippen molar-refractivity contribution in [3.8, 4) is 44.5 Å². The summed E-state index contributed by atoms with van der Waals surface area (Å²) in [6.07, 6.45) is 4.31. The second kappa shape index (κ2) is 12.3. The Morgan fingerprint density at radius 3 is 1.36 bits per heavy atom. The second-order valence-corrected chi connectivity index (χ2v) is 16.4. The SMILES string of the molecule is CCC1(CC)c2ccccc2-c2ccc(-c3c4ccccc4c(-c4ccc5c(c4)C(CC)(CC)c4ccccc4-5)c4c3ccc3c5ccccc5ccc34)cc21. The summed E-state index contributed by atoms with van der Waals surface area (Å²) >= 11 is 0. The number of fused-ring (bicyclic) bond motifs is 12. The molecule has 56 heavy (non-hydrogen) atoms. The normalized spacial score (nSPS) is 14.6. The minimum atomic E-state index is -0.00119. The predicted octanol–water partition coefficient (Wildman–Crippen LogP) is 15.8. The van der Waals surface area contributed by atoms with Crippen LogP contribution in [0, 0.1) is 0 Å². The van der Waals surface area contributed by atoms with Crippen LogP contribution in [-0.4, -0.2) is 0 Å². The van der Waals surface area contributed by atoms with Gasteiger partial charge in [0.05, 0.1) is 0 Å². The van der Waals surface area contributed by atoms with Gasteiger partial charge in [-0.1, -0.05) is 173 Å². The van der Waals surface area contributed by atoms with Crippen molar-refractivity contribution in [1.29, 1.82) is 0 Å². The van der Waals surface area contributed by atoms with E-state index in [0.717, 1.165) is 25.7 Å². The maximum Gasteiger partial charge on any atom is 0.0210 e. The van der Waals surface area contributed by atoms with E-state index in [4.69, 9.17) is 0 Å². The molecule has 0 fully saturated rings. The van der Waals surface area contributed by atoms with E-state index < -0.39 is 0 Å². The highest BCUT2D eigenvalue weighted by Gasteiger charge is 2.42. The molecule has 11 rings (SSSR count). The molecule has 270 valence electrons. The fourth-order valence-electron chi connectivity index (χ4n) is 11.6. The lowest BCUT2D eigenvalue weighted by Gasteiger charge is -2.30. The van der Waals surface area contributed by atoms with Crippen LogP contribution in [0.15, 0.2) is 158 Å². The van der Waals surface area contributed by atoms with Gasteiger partial charge in [0.15, 0.2) is 0 Å². The fraction of sp³-hybridized carbons (Fsp3) is 0.179. The summed E-state index contributed by atoms with van der Waals surface area (Å²) in [5.41, 5.74) is 16.8. The summed E-state index contributed by atoms with van der Waals surface area (Å²) in [4.78, 5) is 0. The van der Waals surface area contributed by atoms with Crippen LogP contribution in [0.4, 0.5) is 0 Å². The third-order valence-electron chi connectivity index (χ3n) is 14.4. The molecule has 0 atom stereocenters. The number of benzene rings is 9. The van der Waals surface area contributed by atoms with Gasteiger partial charge in [-0.25, -0.2) is 0 Å². The van der Waals surface area contributed by atoms with Crippen LogP contribution >= 0.6 is 0 Å². The van der Waals surface area contributed by atoms with Crippen molar-refractivity contribution in [3.63, 3.8) is 0 Å². The van der Waals surface area contributed by atoms with Crippen molar-refractivity contribution in [2.24, 2.45) is 0 Å². The highest BCUT2D eigenvalue weighted by atomic mass is 14.4. The third kappa shape index (κ3) is 4.25. The summed E-state index contributed by atoms with van der Waals surface area (Å²) in [6.45, 7) is 9.50. The Kier molecular flexibility index (Phi) is 7.30. The summed E-state index contributed by atoms with van der Waals surface area (Å²) in [5, 5.41) is 10.5. The van der Waals surface area contributed by atoms with Gasteiger partial charge in [-0.15, -0.1) is 0 Å². The Bertz CT molecular complexity index is 3070. The van der Waals surface area contributed by atoms with Crippen molar-refractivity contribution >= 4 is 43.1 Å². The molecule has 9 aromatic rings. The molecule has 0 saturated heterocycles. The molecule has 9 aromatic carbocycles. The zero-order valence-corrected chi connectivity index (χ0v) is 32.8. The van der Waals surface area contributed by atoms with E-state index in [9.17, 15) is 0 Å². The van der Waals surface area contributed by atoms with Crippen LogP contribution in [0.3, 0.4) is 0 Å². The van der Waals surface area contributed by atoms with Crippen molar-refractivity contribution in [3.05, 3.63) is 180 Å². The van der Waals surface area contributed by atoms with Gasteiger partial charge in [0.2, 0.25) is 0 Å². The lowest BCUT2D eigenvalue weighted by molar-refractivity contribution is 0.490. The number of rotatable bonds is 6. The Morgan fingerprint density at radius 2 is 0.768 bits per heavy atom. The van der Waals surface area contributed by atoms with Gasteiger partial charge >= 0.3 is 0 Å². The monoisotopic (exact) mass is 718 g/mol. The highest BCUT2D eigenvalue weighted by Crippen LogP contribution is 2.57. The summed E-state index contributed by atoms with van der Waals surface area (Å²) in [6, 6.07) is 60.8. The Balaban J connectivity index is 1.27. The van der Waals surface area contributed by atoms with Gasteiger partial charge in [-0.3, -0.25) is 0 Å². The number of hydrogen-bond donors (Lipinski definition) is 0. The summed E-state index contributed by atoms with van der Waals surface area (Å²) < 4.78 is 0. The van der Waals surface area contributed by atoms with E-state index in [1.807, 2.05) is 0 Å². The lowest BCUT2D eigenvalue weighted by atomic mass is 9.73. The van der Waals surface area contributed by atoms with Crippen LogP contribution in [0.5, 0.6) is 0 Å². The first-order valence-electron chi connectivity index (χ1n) is 20.8. The Labute approximate surface area is 330 Å². The minimum Gasteiger partial charge on any atom is -0.0642 e. The standard InChI is InChI=1S/C56H46/c1-5-55(6-2)48-23-15-13-19-40(48)42-28-26-36(33-50(42)55)52-44-21-11-12-22-45(44)53(54-46-30-25-35-17-9-10-18-38(35)39(46)31-32-47(52)54)37-27-29-43-41-20-14-16-24-49(41)56(7-3,8-4)51(43)34-37/h9-34H,5-8H2,1-4H3. The summed E-state index contributed by atoms with van der Waals surface area (Å²) in [5.74, 6) is 0. The Morgan fingerprint density at radius 1 is 0.321 bits per heavy atom. The largest absolute Gasteiger partial charge is 0.0642 e. The van der Waals surface area contributed by atoms with Gasteiger partial charge in [0.25, 0.3) is 0 Å². The molecule has 0 radical (unpaired) electrons. The molecular formula is C56H46. The molecule has 0 spiro atoms. The molecule has 0 N–H and O–H groups in total. The average Bonchev–Trinajstić information content (AvgIpc) is 3.71. The molecule has 2 aliphatic rings. The molecule has 0 bridgehead atoms. The van der Waals surface area contributed by atoms with E-state index in [-0.39, 0.29) is 10.8 Å². The van der Waals surface area contributed by atoms with Crippen molar-refractivity contribution < 1.29 is 0 Å². The van der Waals surface area contributed by atoms with Crippen molar-refractivity contribution in [2.75, 3.05) is 0 Å². The zero-order chi connectivity index (χ0) is 37.8. The van der Waals surface area contributed by atoms with Gasteiger partial charge in [-0.2, -0.15) is 0 Å². The van der Waals surface area contributed by atoms with Crippen molar-refractivity contribution in [2.45, 2.75) is 64.2 Å². The minimum absolute atomic E-state index is 0.00119. The average molecular weight is 719 g/mol. The van der Waals surface area contributed by atoms with Crippen LogP contribution < -0.4 is 0 Å². The van der Waals surface area contributed by atoms with E-state index in [2.05, 4.69) is 185 Å². The molecule has 0 aromatic heterocycles. The fourth-order valence-corrected chi connectivity index (χ4v) is 11.6. The van der Waals surface area contributed by atoms with Crippen molar-refractivity contribution in [1.82, 2.24) is 0 Å². The first kappa shape index (κ1) is 33.4. The quantitative estimate of drug-likeness (QED) is 0.119. The van der Waals surface area contributed by atoms with Crippen LogP contribution in [0.25, 0.3) is 87.6 Å². The Hall–Kier alpha value is -5.98. The van der Waals surface area contributed by atoms with Gasteiger partial charge in [0.1, 0.15) is 0 Å². The van der Waals surface area contributed by atoms with E-state index >= 15 is 0 Å². The molecule has 0 aliphatic heterocycles. The molecule has 2 aliphatic carbocycles. The maximum atomic E-state index is 2.58. The zero-order valence-electron chi connectivity index (χ0n) is 32.8. The third-order valence-corrected chi connectivity index (χ3v) is 14.4. The van der Waals surface area contributed by atoms with E-state index in [0.29, 0.717) is 0 Å². The van der Waals surface area contributed by atoms with E-state index in [1.165, 1.54) is 110 Å². The lowest BCUT2D eigenvalue weighted by Crippen LogP contribution is -2.23. The molecule has 0 saturated carbocycles. The molecule has 0 amide bonds. The highest BCUT2D eigenvalue weighted by molar-refractivity contribution is 6.30. The maximum absolute atomic E-state index is 2.58. The molecule has 0 nitrogen and oxygen atoms in total. The second-order valence-electron chi connectivity index (χ2n) is 16.4. The summed E-state index contributed by atoms with van der Waals surface area (Å²) in [7, 11) is 0. The van der Waals surface area contributed by atoms with Crippen LogP contribution in [0.1, 0.15) is 75.6 Å². The van der Waals surface area contributed by atoms with Crippen LogP contribution in [-0.2, 0) is 10.8 Å². The number of hydrogen-bond acceptors (Lipinski definition) is 0. The first-order chi connectivity index (χ1) is 27.6. The molecule has 0 heteroatoms. The van der Waals surface area contributed by atoms with Gasteiger partial charge in [-0.05, 0) is 148 Å². The van der Waals surface area contributed by atoms with Gasteiger partial charge < -0.3 is 0 Å². The smallest absolute Gasteiger partial charge is 0.0210 e. The predicted molar refractivity (Wildman–Crippen MR) is 241 cm³/mol. The molecule has 0 heterocycles.